The Morgan fingerprint density at radius 2 is 2.05 bits per heavy atom. The maximum atomic E-state index is 13.8. The Kier molecular flexibility index (Phi) is 4.40. The van der Waals surface area contributed by atoms with Gasteiger partial charge in [0.15, 0.2) is 10.8 Å². The molecule has 0 saturated heterocycles. The summed E-state index contributed by atoms with van der Waals surface area (Å²) in [5.41, 5.74) is 1.12. The number of rotatable bonds is 3. The Labute approximate surface area is 142 Å². The standard InChI is InChI=1S/C13H7BrCl2FN3S/c14-8-2-1-7(11(17)3-8)6-21-13-19-18-12-10(16)4-9(15)5-20(12)13/h1-5H,6H2. The molecule has 0 aliphatic heterocycles. The lowest BCUT2D eigenvalue weighted by atomic mass is 10.2. The Bertz CT molecular complexity index is 825. The third kappa shape index (κ3) is 3.18. The van der Waals surface area contributed by atoms with Crippen LogP contribution < -0.4 is 0 Å². The fourth-order valence-corrected chi connectivity index (χ4v) is 3.52. The van der Waals surface area contributed by atoms with E-state index >= 15 is 0 Å². The Morgan fingerprint density at radius 3 is 2.81 bits per heavy atom. The van der Waals surface area contributed by atoms with Crippen molar-refractivity contribution < 1.29 is 4.39 Å². The molecule has 21 heavy (non-hydrogen) atoms. The fourth-order valence-electron chi connectivity index (χ4n) is 1.78. The zero-order chi connectivity index (χ0) is 15.0. The van der Waals surface area contributed by atoms with Crippen LogP contribution in [0.1, 0.15) is 5.56 Å². The van der Waals surface area contributed by atoms with Crippen LogP contribution in [0.2, 0.25) is 10.0 Å². The molecule has 0 fully saturated rings. The summed E-state index contributed by atoms with van der Waals surface area (Å²) in [4.78, 5) is 0. The number of benzene rings is 1. The smallest absolute Gasteiger partial charge is 0.196 e. The highest BCUT2D eigenvalue weighted by atomic mass is 79.9. The van der Waals surface area contributed by atoms with Crippen molar-refractivity contribution in [3.05, 3.63) is 56.4 Å². The summed E-state index contributed by atoms with van der Waals surface area (Å²) >= 11 is 16.6. The number of aromatic nitrogens is 3. The number of thioether (sulfide) groups is 1. The largest absolute Gasteiger partial charge is 0.275 e. The first-order valence-corrected chi connectivity index (χ1v) is 8.34. The average Bonchev–Trinajstić information content (AvgIpc) is 2.81. The highest BCUT2D eigenvalue weighted by molar-refractivity contribution is 9.10. The van der Waals surface area contributed by atoms with Crippen molar-refractivity contribution in [3.63, 3.8) is 0 Å². The van der Waals surface area contributed by atoms with Gasteiger partial charge in [0.25, 0.3) is 0 Å². The quantitative estimate of drug-likeness (QED) is 0.558. The van der Waals surface area contributed by atoms with Crippen molar-refractivity contribution in [1.82, 2.24) is 14.6 Å². The van der Waals surface area contributed by atoms with E-state index in [2.05, 4.69) is 26.1 Å². The molecule has 108 valence electrons. The zero-order valence-electron chi connectivity index (χ0n) is 10.4. The molecule has 0 N–H and O–H groups in total. The second-order valence-electron chi connectivity index (χ2n) is 4.21. The van der Waals surface area contributed by atoms with Gasteiger partial charge in [-0.1, -0.05) is 57.0 Å². The van der Waals surface area contributed by atoms with Crippen molar-refractivity contribution >= 4 is 56.5 Å². The van der Waals surface area contributed by atoms with Gasteiger partial charge in [-0.15, -0.1) is 10.2 Å². The number of hydrogen-bond donors (Lipinski definition) is 0. The first-order valence-electron chi connectivity index (χ1n) is 5.81. The minimum Gasteiger partial charge on any atom is -0.275 e. The first kappa shape index (κ1) is 15.1. The molecule has 0 saturated carbocycles. The Morgan fingerprint density at radius 1 is 1.24 bits per heavy atom. The molecule has 0 bridgehead atoms. The third-order valence-electron chi connectivity index (χ3n) is 2.77. The van der Waals surface area contributed by atoms with Crippen LogP contribution >= 0.6 is 50.9 Å². The van der Waals surface area contributed by atoms with Crippen molar-refractivity contribution in [2.45, 2.75) is 10.9 Å². The van der Waals surface area contributed by atoms with Crippen LogP contribution in [0.4, 0.5) is 4.39 Å². The molecule has 0 amide bonds. The monoisotopic (exact) mass is 405 g/mol. The molecule has 0 atom stereocenters. The predicted octanol–water partition coefficient (Wildman–Crippen LogP) is 5.23. The molecule has 0 aliphatic carbocycles. The zero-order valence-corrected chi connectivity index (χ0v) is 14.3. The van der Waals surface area contributed by atoms with Crippen LogP contribution in [0.3, 0.4) is 0 Å². The number of fused-ring (bicyclic) bond motifs is 1. The summed E-state index contributed by atoms with van der Waals surface area (Å²) in [6, 6.07) is 6.58. The van der Waals surface area contributed by atoms with Crippen LogP contribution in [-0.2, 0) is 5.75 Å². The van der Waals surface area contributed by atoms with E-state index in [4.69, 9.17) is 23.2 Å². The molecule has 3 aromatic rings. The molecule has 1 aromatic carbocycles. The fraction of sp³-hybridized carbons (Fsp3) is 0.0769. The van der Waals surface area contributed by atoms with E-state index in [1.165, 1.54) is 17.8 Å². The van der Waals surface area contributed by atoms with Crippen molar-refractivity contribution in [2.75, 3.05) is 0 Å². The van der Waals surface area contributed by atoms with Crippen LogP contribution in [0.15, 0.2) is 40.1 Å². The summed E-state index contributed by atoms with van der Waals surface area (Å²) < 4.78 is 16.2. The summed E-state index contributed by atoms with van der Waals surface area (Å²) in [5, 5.41) is 9.59. The van der Waals surface area contributed by atoms with Gasteiger partial charge >= 0.3 is 0 Å². The summed E-state index contributed by atoms with van der Waals surface area (Å²) in [5.74, 6) is 0.172. The lowest BCUT2D eigenvalue weighted by molar-refractivity contribution is 0.616. The van der Waals surface area contributed by atoms with Crippen LogP contribution in [-0.4, -0.2) is 14.6 Å². The molecule has 3 rings (SSSR count). The van der Waals surface area contributed by atoms with Crippen LogP contribution in [0.5, 0.6) is 0 Å². The van der Waals surface area contributed by atoms with Gasteiger partial charge in [0.2, 0.25) is 0 Å². The lowest BCUT2D eigenvalue weighted by Crippen LogP contribution is -1.91. The molecule has 0 radical (unpaired) electrons. The molecule has 3 nitrogen and oxygen atoms in total. The second-order valence-corrected chi connectivity index (χ2v) is 6.91. The Hall–Kier alpha value is -0.820. The number of pyridine rings is 1. The van der Waals surface area contributed by atoms with E-state index in [0.717, 1.165) is 0 Å². The molecule has 2 aromatic heterocycles. The molecule has 0 spiro atoms. The summed E-state index contributed by atoms with van der Waals surface area (Å²) in [6.07, 6.45) is 1.68. The van der Waals surface area contributed by atoms with E-state index in [-0.39, 0.29) is 5.82 Å². The summed E-state index contributed by atoms with van der Waals surface area (Å²) in [7, 11) is 0. The van der Waals surface area contributed by atoms with Crippen molar-refractivity contribution in [1.29, 1.82) is 0 Å². The normalized spacial score (nSPS) is 11.2. The van der Waals surface area contributed by atoms with E-state index in [1.807, 2.05) is 0 Å². The van der Waals surface area contributed by atoms with Gasteiger partial charge in [-0.2, -0.15) is 0 Å². The van der Waals surface area contributed by atoms with Gasteiger partial charge in [-0.3, -0.25) is 4.40 Å². The first-order chi connectivity index (χ1) is 10.0. The number of halogens is 4. The molecule has 0 unspecified atom stereocenters. The van der Waals surface area contributed by atoms with Gasteiger partial charge < -0.3 is 0 Å². The predicted molar refractivity (Wildman–Crippen MR) is 86.7 cm³/mol. The second kappa shape index (κ2) is 6.12. The minimum absolute atomic E-state index is 0.262. The van der Waals surface area contributed by atoms with Crippen LogP contribution in [0.25, 0.3) is 5.65 Å². The van der Waals surface area contributed by atoms with Gasteiger partial charge in [0, 0.05) is 16.4 Å². The van der Waals surface area contributed by atoms with E-state index in [0.29, 0.717) is 36.6 Å². The van der Waals surface area contributed by atoms with Gasteiger partial charge in [-0.25, -0.2) is 4.39 Å². The van der Waals surface area contributed by atoms with E-state index in [1.54, 1.807) is 28.8 Å². The molecular formula is C13H7BrCl2FN3S. The number of hydrogen-bond acceptors (Lipinski definition) is 3. The van der Waals surface area contributed by atoms with Gasteiger partial charge in [0.1, 0.15) is 5.82 Å². The molecule has 2 heterocycles. The molecule has 8 heteroatoms. The summed E-state index contributed by atoms with van der Waals surface area (Å²) in [6.45, 7) is 0. The van der Waals surface area contributed by atoms with Gasteiger partial charge in [0.05, 0.1) is 10.0 Å². The number of nitrogens with zero attached hydrogens (tertiary/aromatic N) is 3. The highest BCUT2D eigenvalue weighted by Crippen LogP contribution is 2.28. The minimum atomic E-state index is -0.262. The third-order valence-corrected chi connectivity index (χ3v) is 4.74. The van der Waals surface area contributed by atoms with E-state index in [9.17, 15) is 4.39 Å². The average molecular weight is 407 g/mol. The van der Waals surface area contributed by atoms with Crippen molar-refractivity contribution in [3.8, 4) is 0 Å². The topological polar surface area (TPSA) is 30.2 Å². The lowest BCUT2D eigenvalue weighted by Gasteiger charge is -2.04. The maximum Gasteiger partial charge on any atom is 0.196 e. The SMILES string of the molecule is Fc1cc(Br)ccc1CSc1nnc2c(Cl)cc(Cl)cn12. The highest BCUT2D eigenvalue weighted by Gasteiger charge is 2.11. The van der Waals surface area contributed by atoms with Crippen molar-refractivity contribution in [2.24, 2.45) is 0 Å². The Balaban J connectivity index is 1.88. The van der Waals surface area contributed by atoms with Gasteiger partial charge in [-0.05, 0) is 23.8 Å². The molecular weight excluding hydrogens is 400 g/mol. The molecule has 0 aliphatic rings. The maximum absolute atomic E-state index is 13.8. The van der Waals surface area contributed by atoms with Crippen LogP contribution in [0, 0.1) is 5.82 Å². The van der Waals surface area contributed by atoms with E-state index < -0.39 is 0 Å².